The molecule has 10 nitrogen and oxygen atoms in total. The third kappa shape index (κ3) is 4.32. The number of anilines is 1. The fourth-order valence-corrected chi connectivity index (χ4v) is 2.49. The van der Waals surface area contributed by atoms with Crippen LogP contribution in [-0.4, -0.2) is 35.0 Å². The number of hydrogen-bond donors (Lipinski definition) is 7. The number of aromatic nitrogens is 1. The molecule has 0 atom stereocenters. The highest BCUT2D eigenvalue weighted by atomic mass is 16.2. The Kier molecular flexibility index (Phi) is 5.20. The van der Waals surface area contributed by atoms with Crippen LogP contribution < -0.4 is 32.7 Å². The van der Waals surface area contributed by atoms with Crippen molar-refractivity contribution in [3.8, 4) is 0 Å². The molecule has 1 aromatic heterocycles. The lowest BCUT2D eigenvalue weighted by Crippen LogP contribution is -2.48. The van der Waals surface area contributed by atoms with E-state index in [1.807, 2.05) is 0 Å². The van der Waals surface area contributed by atoms with Crippen molar-refractivity contribution in [3.63, 3.8) is 0 Å². The van der Waals surface area contributed by atoms with Gasteiger partial charge in [0.25, 0.3) is 11.8 Å². The molecule has 2 amide bonds. The molecular weight excluding hydrogens is 350 g/mol. The number of aromatic amines is 1. The molecule has 27 heavy (non-hydrogen) atoms. The summed E-state index contributed by atoms with van der Waals surface area (Å²) in [7, 11) is 0. The Hall–Kier alpha value is -3.63. The lowest BCUT2D eigenvalue weighted by molar-refractivity contribution is -0.118. The summed E-state index contributed by atoms with van der Waals surface area (Å²) in [6, 6.07) is 9.44. The van der Waals surface area contributed by atoms with Gasteiger partial charge in [-0.1, -0.05) is 12.1 Å². The molecule has 3 rings (SSSR count). The van der Waals surface area contributed by atoms with E-state index >= 15 is 0 Å². The summed E-state index contributed by atoms with van der Waals surface area (Å²) < 4.78 is 0. The van der Waals surface area contributed by atoms with Gasteiger partial charge in [-0.25, -0.2) is 0 Å². The monoisotopic (exact) mass is 369 g/mol. The number of H-pyrrole nitrogens is 1. The smallest absolute Gasteiger partial charge is 0.269 e. The Balaban J connectivity index is 1.71. The van der Waals surface area contributed by atoms with Crippen LogP contribution in [0.2, 0.25) is 0 Å². The minimum atomic E-state index is -1.00. The summed E-state index contributed by atoms with van der Waals surface area (Å²) in [6.45, 7) is 0. The molecule has 2 heterocycles. The minimum Gasteiger partial charge on any atom is -0.362 e. The van der Waals surface area contributed by atoms with E-state index in [1.165, 1.54) is 12.1 Å². The molecule has 0 aliphatic carbocycles. The first kappa shape index (κ1) is 18.2. The van der Waals surface area contributed by atoms with Gasteiger partial charge in [0, 0.05) is 23.7 Å². The first-order valence-corrected chi connectivity index (χ1v) is 8.08. The van der Waals surface area contributed by atoms with E-state index in [1.54, 1.807) is 36.7 Å². The fourth-order valence-electron chi connectivity index (χ4n) is 2.49. The minimum absolute atomic E-state index is 0.162. The number of rotatable bonds is 6. The molecule has 1 aliphatic heterocycles. The lowest BCUT2D eigenvalue weighted by Gasteiger charge is -2.13. The van der Waals surface area contributed by atoms with Crippen LogP contribution in [0, 0.1) is 0 Å². The van der Waals surface area contributed by atoms with E-state index in [9.17, 15) is 14.4 Å². The fraction of sp³-hybridized carbons (Fsp3) is 0.118. The molecule has 9 N–H and O–H groups in total. The number of carbonyl (C=O) groups is 3. The SMILES string of the molecule is NC(N)NC(=O)c1ccc(C(=O)c2cccc(NC(=O)C3NC=CN3)c2)[nH]1. The van der Waals surface area contributed by atoms with Crippen LogP contribution >= 0.6 is 0 Å². The number of amides is 2. The highest BCUT2D eigenvalue weighted by Gasteiger charge is 2.19. The number of nitrogens with one attached hydrogen (secondary N) is 5. The van der Waals surface area contributed by atoms with Gasteiger partial charge in [-0.3, -0.25) is 25.9 Å². The average molecular weight is 369 g/mol. The van der Waals surface area contributed by atoms with Crippen molar-refractivity contribution in [2.45, 2.75) is 12.5 Å². The highest BCUT2D eigenvalue weighted by Crippen LogP contribution is 2.15. The van der Waals surface area contributed by atoms with Crippen LogP contribution in [0.25, 0.3) is 0 Å². The summed E-state index contributed by atoms with van der Waals surface area (Å²) in [5.74, 6) is -1.14. The lowest BCUT2D eigenvalue weighted by atomic mass is 10.1. The summed E-state index contributed by atoms with van der Waals surface area (Å²) >= 11 is 0. The predicted octanol–water partition coefficient (Wildman–Crippen LogP) is -0.895. The number of benzene rings is 1. The van der Waals surface area contributed by atoms with Crippen molar-refractivity contribution in [2.75, 3.05) is 5.32 Å². The van der Waals surface area contributed by atoms with Crippen molar-refractivity contribution in [1.29, 1.82) is 0 Å². The van der Waals surface area contributed by atoms with Gasteiger partial charge >= 0.3 is 0 Å². The van der Waals surface area contributed by atoms with E-state index in [2.05, 4.69) is 26.3 Å². The van der Waals surface area contributed by atoms with Crippen molar-refractivity contribution in [2.24, 2.45) is 11.5 Å². The van der Waals surface area contributed by atoms with E-state index in [0.29, 0.717) is 11.3 Å². The van der Waals surface area contributed by atoms with Crippen molar-refractivity contribution >= 4 is 23.3 Å². The Morgan fingerprint density at radius 1 is 1.00 bits per heavy atom. The second kappa shape index (κ2) is 7.72. The van der Waals surface area contributed by atoms with Gasteiger partial charge in [0.15, 0.2) is 6.17 Å². The van der Waals surface area contributed by atoms with Crippen LogP contribution in [0.5, 0.6) is 0 Å². The van der Waals surface area contributed by atoms with E-state index in [4.69, 9.17) is 11.5 Å². The maximum absolute atomic E-state index is 12.6. The van der Waals surface area contributed by atoms with Crippen molar-refractivity contribution in [1.82, 2.24) is 20.9 Å². The third-order valence-corrected chi connectivity index (χ3v) is 3.74. The first-order valence-electron chi connectivity index (χ1n) is 8.08. The number of carbonyl (C=O) groups excluding carboxylic acids is 3. The highest BCUT2D eigenvalue weighted by molar-refractivity contribution is 6.09. The molecular formula is C17H19N7O3. The van der Waals surface area contributed by atoms with Gasteiger partial charge in [-0.05, 0) is 24.3 Å². The van der Waals surface area contributed by atoms with Crippen molar-refractivity contribution < 1.29 is 14.4 Å². The molecule has 0 bridgehead atoms. The van der Waals surface area contributed by atoms with E-state index in [-0.39, 0.29) is 23.1 Å². The zero-order valence-electron chi connectivity index (χ0n) is 14.2. The van der Waals surface area contributed by atoms with Crippen LogP contribution in [0.4, 0.5) is 5.69 Å². The Morgan fingerprint density at radius 3 is 2.41 bits per heavy atom. The molecule has 140 valence electrons. The van der Waals surface area contributed by atoms with Crippen LogP contribution in [-0.2, 0) is 4.79 Å². The topological polar surface area (TPSA) is 167 Å². The molecule has 1 aliphatic rings. The molecule has 0 radical (unpaired) electrons. The maximum atomic E-state index is 12.6. The van der Waals surface area contributed by atoms with Crippen LogP contribution in [0.3, 0.4) is 0 Å². The average Bonchev–Trinajstić information content (AvgIpc) is 3.32. The molecule has 0 spiro atoms. The number of nitrogens with two attached hydrogens (primary N) is 2. The Morgan fingerprint density at radius 2 is 1.70 bits per heavy atom. The Bertz CT molecular complexity index is 895. The maximum Gasteiger partial charge on any atom is 0.269 e. The summed E-state index contributed by atoms with van der Waals surface area (Å²) in [4.78, 5) is 39.3. The van der Waals surface area contributed by atoms with Gasteiger partial charge in [-0.2, -0.15) is 0 Å². The molecule has 0 saturated carbocycles. The zero-order chi connectivity index (χ0) is 19.4. The van der Waals surface area contributed by atoms with E-state index in [0.717, 1.165) is 0 Å². The second-order valence-corrected chi connectivity index (χ2v) is 5.78. The quantitative estimate of drug-likeness (QED) is 0.256. The van der Waals surface area contributed by atoms with Crippen LogP contribution in [0.1, 0.15) is 26.5 Å². The number of hydrogen-bond acceptors (Lipinski definition) is 7. The zero-order valence-corrected chi connectivity index (χ0v) is 14.2. The molecule has 0 fully saturated rings. The van der Waals surface area contributed by atoms with Gasteiger partial charge in [-0.15, -0.1) is 0 Å². The van der Waals surface area contributed by atoms with Gasteiger partial charge < -0.3 is 26.3 Å². The van der Waals surface area contributed by atoms with E-state index < -0.39 is 18.4 Å². The third-order valence-electron chi connectivity index (χ3n) is 3.74. The standard InChI is InChI=1S/C17H19N7O3/c18-17(19)24-15(26)12-5-4-11(23-12)13(25)9-2-1-3-10(8-9)22-16(27)14-20-6-7-21-14/h1-8,14,17,20-21,23H,18-19H2,(H,22,27)(H,24,26). The Labute approximate surface area is 154 Å². The summed E-state index contributed by atoms with van der Waals surface area (Å²) in [6.07, 6.45) is 1.68. The normalized spacial score (nSPS) is 13.1. The summed E-state index contributed by atoms with van der Waals surface area (Å²) in [5, 5.41) is 10.7. The largest absolute Gasteiger partial charge is 0.362 e. The van der Waals surface area contributed by atoms with Gasteiger partial charge in [0.05, 0.1) is 5.69 Å². The number of ketones is 1. The molecule has 1 aromatic carbocycles. The predicted molar refractivity (Wildman–Crippen MR) is 98.1 cm³/mol. The van der Waals surface area contributed by atoms with Gasteiger partial charge in [0.2, 0.25) is 5.78 Å². The first-order chi connectivity index (χ1) is 12.9. The molecule has 10 heteroatoms. The second-order valence-electron chi connectivity index (χ2n) is 5.78. The van der Waals surface area contributed by atoms with Crippen molar-refractivity contribution in [3.05, 3.63) is 65.7 Å². The molecule has 0 saturated heterocycles. The van der Waals surface area contributed by atoms with Crippen LogP contribution in [0.15, 0.2) is 48.8 Å². The summed E-state index contributed by atoms with van der Waals surface area (Å²) in [5.41, 5.74) is 11.8. The molecule has 2 aromatic rings. The van der Waals surface area contributed by atoms with Gasteiger partial charge in [0.1, 0.15) is 12.0 Å². The molecule has 0 unspecified atom stereocenters.